The van der Waals surface area contributed by atoms with Crippen molar-refractivity contribution in [3.8, 4) is 5.88 Å². The van der Waals surface area contributed by atoms with Gasteiger partial charge in [0, 0.05) is 29.3 Å². The molecule has 4 aliphatic rings. The number of nitrogens with zero attached hydrogens (tertiary/aromatic N) is 3. The Morgan fingerprint density at radius 3 is 2.74 bits per heavy atom. The zero-order chi connectivity index (χ0) is 35.4. The Balaban J connectivity index is 1.24. The minimum absolute atomic E-state index is 0.0894. The molecule has 5 atom stereocenters. The van der Waals surface area contributed by atoms with Gasteiger partial charge in [0.2, 0.25) is 27.7 Å². The molecule has 0 unspecified atom stereocenters. The average molecular weight is 719 g/mol. The van der Waals surface area contributed by atoms with Crippen LogP contribution >= 0.6 is 11.3 Å². The van der Waals surface area contributed by atoms with E-state index in [2.05, 4.69) is 39.1 Å². The van der Waals surface area contributed by atoms with Crippen LogP contribution in [0.15, 0.2) is 54.6 Å². The number of ether oxygens (including phenoxy) is 1. The van der Waals surface area contributed by atoms with Crippen molar-refractivity contribution in [3.63, 3.8) is 0 Å². The number of hydrogen-bond donors (Lipinski definition) is 3. The van der Waals surface area contributed by atoms with Gasteiger partial charge in [-0.3, -0.25) is 19.1 Å². The van der Waals surface area contributed by atoms with Crippen molar-refractivity contribution in [2.24, 2.45) is 11.3 Å². The Labute approximate surface area is 295 Å². The van der Waals surface area contributed by atoms with Gasteiger partial charge in [-0.05, 0) is 60.6 Å². The van der Waals surface area contributed by atoms with E-state index in [1.165, 1.54) is 16.2 Å². The number of aromatic nitrogens is 2. The normalized spacial score (nSPS) is 27.4. The Morgan fingerprint density at radius 2 is 2.02 bits per heavy atom. The highest BCUT2D eigenvalue weighted by Crippen LogP contribution is 2.45. The molecule has 264 valence electrons. The maximum atomic E-state index is 14.6. The molecule has 2 aromatic heterocycles. The molecule has 12 nitrogen and oxygen atoms in total. The topological polar surface area (TPSA) is 160 Å². The summed E-state index contributed by atoms with van der Waals surface area (Å²) in [5, 5.41) is 9.95. The molecular formula is C36H42N6O6S2. The minimum Gasteiger partial charge on any atom is -0.472 e. The predicted molar refractivity (Wildman–Crippen MR) is 192 cm³/mol. The number of allylic oxidation sites excluding steroid dienone is 1. The first kappa shape index (κ1) is 34.2. The molecule has 0 spiro atoms. The molecule has 2 saturated carbocycles. The van der Waals surface area contributed by atoms with E-state index in [-0.39, 0.29) is 25.3 Å². The highest BCUT2D eigenvalue weighted by Gasteiger charge is 2.62. The highest BCUT2D eigenvalue weighted by molar-refractivity contribution is 7.91. The van der Waals surface area contributed by atoms with Crippen molar-refractivity contribution >= 4 is 61.1 Å². The van der Waals surface area contributed by atoms with Crippen molar-refractivity contribution in [3.05, 3.63) is 65.8 Å². The van der Waals surface area contributed by atoms with Gasteiger partial charge in [-0.2, -0.15) is 0 Å². The van der Waals surface area contributed by atoms with Crippen LogP contribution in [0, 0.1) is 11.3 Å². The molecule has 6 bridgehead atoms. The zero-order valence-electron chi connectivity index (χ0n) is 28.3. The lowest BCUT2D eigenvalue weighted by atomic mass is 9.85. The van der Waals surface area contributed by atoms with E-state index in [4.69, 9.17) is 9.72 Å². The molecule has 2 aliphatic heterocycles. The van der Waals surface area contributed by atoms with Gasteiger partial charge in [0.1, 0.15) is 23.7 Å². The number of nitrogens with one attached hydrogen (secondary N) is 3. The summed E-state index contributed by atoms with van der Waals surface area (Å²) in [6.45, 7) is 9.73. The second-order valence-corrected chi connectivity index (χ2v) is 17.6. The van der Waals surface area contributed by atoms with Crippen LogP contribution < -0.4 is 20.1 Å². The Kier molecular flexibility index (Phi) is 8.74. The lowest BCUT2D eigenvalue weighted by Crippen LogP contribution is -2.58. The Morgan fingerprint density at radius 1 is 1.22 bits per heavy atom. The highest BCUT2D eigenvalue weighted by atomic mass is 32.2. The van der Waals surface area contributed by atoms with Gasteiger partial charge in [-0.1, -0.05) is 51.1 Å². The van der Waals surface area contributed by atoms with Gasteiger partial charge in [0.05, 0.1) is 17.5 Å². The summed E-state index contributed by atoms with van der Waals surface area (Å²) in [6.07, 6.45) is 9.60. The van der Waals surface area contributed by atoms with Crippen LogP contribution in [0.3, 0.4) is 0 Å². The quantitative estimate of drug-likeness (QED) is 0.318. The summed E-state index contributed by atoms with van der Waals surface area (Å²) in [6, 6.07) is 6.19. The number of fused-ring (bicyclic) bond motifs is 5. The summed E-state index contributed by atoms with van der Waals surface area (Å²) >= 11 is 1.43. The maximum Gasteiger partial charge on any atom is 0.259 e. The van der Waals surface area contributed by atoms with E-state index in [0.717, 1.165) is 34.9 Å². The van der Waals surface area contributed by atoms with E-state index in [9.17, 15) is 22.8 Å². The number of amides is 3. The van der Waals surface area contributed by atoms with Crippen LogP contribution in [0.5, 0.6) is 5.88 Å². The fourth-order valence-corrected chi connectivity index (χ4v) is 8.92. The summed E-state index contributed by atoms with van der Waals surface area (Å²) < 4.78 is 34.1. The van der Waals surface area contributed by atoms with Crippen LogP contribution in [-0.2, 0) is 30.8 Å². The maximum absolute atomic E-state index is 14.6. The monoisotopic (exact) mass is 718 g/mol. The number of hydrogen-bond acceptors (Lipinski definition) is 10. The van der Waals surface area contributed by atoms with Crippen LogP contribution in [0.25, 0.3) is 16.8 Å². The number of aryl methyl sites for hydroxylation is 1. The molecule has 1 aromatic carbocycles. The molecule has 3 fully saturated rings. The lowest BCUT2D eigenvalue weighted by Gasteiger charge is -2.35. The number of rotatable bonds is 6. The number of carbonyl (C=O) groups excluding carboxylic acids is 3. The third-order valence-corrected chi connectivity index (χ3v) is 12.6. The largest absolute Gasteiger partial charge is 0.472 e. The predicted octanol–water partition coefficient (Wildman–Crippen LogP) is 4.20. The number of carbonyl (C=O) groups is 3. The third-order valence-electron chi connectivity index (χ3n) is 9.94. The molecule has 2 aliphatic carbocycles. The summed E-state index contributed by atoms with van der Waals surface area (Å²) in [5.41, 5.74) is -0.170. The van der Waals surface area contributed by atoms with Crippen molar-refractivity contribution in [2.75, 3.05) is 11.9 Å². The smallest absolute Gasteiger partial charge is 0.259 e. The van der Waals surface area contributed by atoms with Crippen LogP contribution in [-0.4, -0.2) is 76.5 Å². The van der Waals surface area contributed by atoms with Gasteiger partial charge >= 0.3 is 0 Å². The van der Waals surface area contributed by atoms with Gasteiger partial charge in [-0.15, -0.1) is 17.9 Å². The fourth-order valence-electron chi connectivity index (χ4n) is 6.79. The average Bonchev–Trinajstić information content (AvgIpc) is 3.96. The number of benzene rings is 1. The van der Waals surface area contributed by atoms with E-state index in [1.54, 1.807) is 12.3 Å². The van der Waals surface area contributed by atoms with Crippen molar-refractivity contribution in [1.82, 2.24) is 24.9 Å². The van der Waals surface area contributed by atoms with Gasteiger partial charge in [0.15, 0.2) is 5.13 Å². The van der Waals surface area contributed by atoms with E-state index in [1.807, 2.05) is 50.4 Å². The standard InChI is InChI=1S/C36H42N6O6S2/c1-5-23-18-36(23,33(45)41-50(46,47)26-12-13-26)40-30(43)28-17-25-19-42(28)32(44)29(35(2,3)4)39-34-38-24(20-49-34)9-7-6-8-21-10-11-22-14-15-37-31(48-25)27(22)16-21/h5-6,8,10-11,14-16,20,23,25-26,28-29H,1,7,9,12-13,17-19H2,2-4H3,(H,38,39)(H,40,43)(H,41,45)/b8-6+/t23-,25-,28+,29-,36-/m1/s1. The summed E-state index contributed by atoms with van der Waals surface area (Å²) in [7, 11) is -3.85. The SMILES string of the molecule is C=C[C@@H]1C[C@]1(NC(=O)[C@@H]1C[C@@H]2CN1C(=O)[C@H](C(C)(C)C)Nc1nc(cs1)CC/C=C/c1ccc3ccnc(c3c1)O2)C(=O)NS(=O)(=O)C1CC1. The van der Waals surface area contributed by atoms with E-state index < -0.39 is 62.1 Å². The summed E-state index contributed by atoms with van der Waals surface area (Å²) in [4.78, 5) is 53.2. The molecule has 3 N–H and O–H groups in total. The first-order valence-electron chi connectivity index (χ1n) is 17.0. The molecule has 50 heavy (non-hydrogen) atoms. The molecular weight excluding hydrogens is 677 g/mol. The van der Waals surface area contributed by atoms with Gasteiger partial charge in [-0.25, -0.2) is 18.4 Å². The Hall–Kier alpha value is -4.30. The third kappa shape index (κ3) is 6.74. The van der Waals surface area contributed by atoms with Crippen molar-refractivity contribution < 1.29 is 27.5 Å². The van der Waals surface area contributed by atoms with E-state index >= 15 is 0 Å². The van der Waals surface area contributed by atoms with Crippen LogP contribution in [0.1, 0.15) is 64.1 Å². The summed E-state index contributed by atoms with van der Waals surface area (Å²) in [5.74, 6) is -1.74. The number of sulfonamides is 1. The first-order chi connectivity index (χ1) is 23.8. The molecule has 1 saturated heterocycles. The fraction of sp³-hybridized carbons (Fsp3) is 0.472. The molecule has 14 heteroatoms. The number of anilines is 1. The van der Waals surface area contributed by atoms with Crippen molar-refractivity contribution in [1.29, 1.82) is 0 Å². The van der Waals surface area contributed by atoms with Gasteiger partial charge in [0.25, 0.3) is 5.91 Å². The van der Waals surface area contributed by atoms with Gasteiger partial charge < -0.3 is 20.3 Å². The number of thiazole rings is 1. The molecule has 0 radical (unpaired) electrons. The lowest BCUT2D eigenvalue weighted by molar-refractivity contribution is -0.141. The first-order valence-corrected chi connectivity index (χ1v) is 19.4. The van der Waals surface area contributed by atoms with E-state index in [0.29, 0.717) is 23.9 Å². The van der Waals surface area contributed by atoms with Crippen molar-refractivity contribution in [2.45, 2.75) is 88.3 Å². The zero-order valence-corrected chi connectivity index (χ0v) is 30.0. The molecule has 7 rings (SSSR count). The molecule has 4 heterocycles. The second-order valence-electron chi connectivity index (χ2n) is 14.8. The second kappa shape index (κ2) is 12.8. The van der Waals surface area contributed by atoms with Crippen LogP contribution in [0.4, 0.5) is 5.13 Å². The number of pyridine rings is 1. The van der Waals surface area contributed by atoms with Crippen LogP contribution in [0.2, 0.25) is 0 Å². The Bertz CT molecular complexity index is 2000. The molecule has 3 aromatic rings. The minimum atomic E-state index is -3.85. The molecule has 3 amide bonds.